The number of hydrogen-bond acceptors (Lipinski definition) is 3. The van der Waals surface area contributed by atoms with E-state index in [1.807, 2.05) is 0 Å². The molecule has 0 aliphatic carbocycles. The summed E-state index contributed by atoms with van der Waals surface area (Å²) in [7, 11) is 4.28. The summed E-state index contributed by atoms with van der Waals surface area (Å²) in [5.74, 6) is 1.29. The number of thioether (sulfide) groups is 1. The minimum atomic E-state index is 0.922. The second-order valence-corrected chi connectivity index (χ2v) is 5.03. The average Bonchev–Trinajstić information content (AvgIpc) is 2.05. The van der Waals surface area contributed by atoms with Crippen molar-refractivity contribution in [1.29, 1.82) is 0 Å². The molecule has 2 nitrogen and oxygen atoms in total. The standard InChI is InChI=1S/C9H20N2S/c1-11(2)7-8-12-9-3-5-10-6-4-9/h9-10H,3-8H2,1-2H3. The molecule has 0 aromatic heterocycles. The average molecular weight is 188 g/mol. The van der Waals surface area contributed by atoms with Crippen LogP contribution in [0.2, 0.25) is 0 Å². The van der Waals surface area contributed by atoms with E-state index in [1.54, 1.807) is 0 Å². The largest absolute Gasteiger partial charge is 0.317 e. The van der Waals surface area contributed by atoms with Crippen LogP contribution in [0.1, 0.15) is 12.8 Å². The van der Waals surface area contributed by atoms with Gasteiger partial charge in [0.25, 0.3) is 0 Å². The summed E-state index contributed by atoms with van der Waals surface area (Å²) < 4.78 is 0. The van der Waals surface area contributed by atoms with Crippen molar-refractivity contribution in [3.05, 3.63) is 0 Å². The van der Waals surface area contributed by atoms with Gasteiger partial charge in [-0.15, -0.1) is 0 Å². The molecule has 1 fully saturated rings. The fraction of sp³-hybridized carbons (Fsp3) is 1.00. The van der Waals surface area contributed by atoms with Crippen LogP contribution in [0, 0.1) is 0 Å². The maximum atomic E-state index is 3.39. The minimum absolute atomic E-state index is 0.922. The summed E-state index contributed by atoms with van der Waals surface area (Å²) >= 11 is 2.14. The first-order valence-corrected chi connectivity index (χ1v) is 5.81. The lowest BCUT2D eigenvalue weighted by Gasteiger charge is -2.22. The summed E-state index contributed by atoms with van der Waals surface area (Å²) in [6, 6.07) is 0. The molecule has 1 aliphatic heterocycles. The van der Waals surface area contributed by atoms with Crippen molar-refractivity contribution in [1.82, 2.24) is 10.2 Å². The Balaban J connectivity index is 1.98. The van der Waals surface area contributed by atoms with E-state index in [0.717, 1.165) is 5.25 Å². The molecule has 0 spiro atoms. The molecule has 72 valence electrons. The third kappa shape index (κ3) is 4.33. The van der Waals surface area contributed by atoms with Crippen molar-refractivity contribution >= 4 is 11.8 Å². The van der Waals surface area contributed by atoms with Gasteiger partial charge in [-0.1, -0.05) is 0 Å². The van der Waals surface area contributed by atoms with E-state index < -0.39 is 0 Å². The number of hydrogen-bond donors (Lipinski definition) is 1. The maximum absolute atomic E-state index is 3.39. The van der Waals surface area contributed by atoms with Crippen molar-refractivity contribution in [3.8, 4) is 0 Å². The summed E-state index contributed by atoms with van der Waals surface area (Å²) in [5, 5.41) is 4.31. The van der Waals surface area contributed by atoms with Crippen molar-refractivity contribution in [2.45, 2.75) is 18.1 Å². The van der Waals surface area contributed by atoms with Crippen molar-refractivity contribution in [2.24, 2.45) is 0 Å². The molecule has 0 aromatic rings. The van der Waals surface area contributed by atoms with Gasteiger partial charge in [0.1, 0.15) is 0 Å². The Morgan fingerprint density at radius 2 is 2.00 bits per heavy atom. The second-order valence-electron chi connectivity index (χ2n) is 3.62. The lowest BCUT2D eigenvalue weighted by atomic mass is 10.2. The van der Waals surface area contributed by atoms with Crippen LogP contribution in [0.15, 0.2) is 0 Å². The lowest BCUT2D eigenvalue weighted by Crippen LogP contribution is -2.29. The van der Waals surface area contributed by atoms with Crippen LogP contribution in [0.25, 0.3) is 0 Å². The number of piperidine rings is 1. The Morgan fingerprint density at radius 3 is 2.58 bits per heavy atom. The third-order valence-corrected chi connectivity index (χ3v) is 3.54. The van der Waals surface area contributed by atoms with Gasteiger partial charge in [0, 0.05) is 17.5 Å². The number of nitrogens with one attached hydrogen (secondary N) is 1. The van der Waals surface area contributed by atoms with E-state index in [9.17, 15) is 0 Å². The van der Waals surface area contributed by atoms with Gasteiger partial charge in [0.15, 0.2) is 0 Å². The molecule has 0 saturated carbocycles. The predicted octanol–water partition coefficient (Wildman–Crippen LogP) is 1.03. The second kappa shape index (κ2) is 5.84. The molecule has 0 atom stereocenters. The van der Waals surface area contributed by atoms with E-state index in [0.29, 0.717) is 0 Å². The molecule has 1 N–H and O–H groups in total. The quantitative estimate of drug-likeness (QED) is 0.709. The molecular weight excluding hydrogens is 168 g/mol. The van der Waals surface area contributed by atoms with E-state index in [1.165, 1.54) is 38.2 Å². The van der Waals surface area contributed by atoms with E-state index in [-0.39, 0.29) is 0 Å². The van der Waals surface area contributed by atoms with Gasteiger partial charge < -0.3 is 10.2 Å². The molecule has 0 radical (unpaired) electrons. The van der Waals surface area contributed by atoms with E-state index in [2.05, 4.69) is 36.1 Å². The summed E-state index contributed by atoms with van der Waals surface area (Å²) in [6.45, 7) is 3.66. The summed E-state index contributed by atoms with van der Waals surface area (Å²) in [5.41, 5.74) is 0. The molecule has 1 saturated heterocycles. The lowest BCUT2D eigenvalue weighted by molar-refractivity contribution is 0.436. The molecule has 1 rings (SSSR count). The highest BCUT2D eigenvalue weighted by Crippen LogP contribution is 2.19. The predicted molar refractivity (Wildman–Crippen MR) is 56.9 cm³/mol. The topological polar surface area (TPSA) is 15.3 Å². The Morgan fingerprint density at radius 1 is 1.33 bits per heavy atom. The fourth-order valence-electron chi connectivity index (χ4n) is 1.36. The van der Waals surface area contributed by atoms with Crippen LogP contribution in [0.4, 0.5) is 0 Å². The Hall–Kier alpha value is 0.270. The van der Waals surface area contributed by atoms with E-state index >= 15 is 0 Å². The van der Waals surface area contributed by atoms with Gasteiger partial charge >= 0.3 is 0 Å². The zero-order chi connectivity index (χ0) is 8.81. The highest BCUT2D eigenvalue weighted by Gasteiger charge is 2.12. The van der Waals surface area contributed by atoms with Crippen LogP contribution < -0.4 is 5.32 Å². The number of rotatable bonds is 4. The van der Waals surface area contributed by atoms with Crippen molar-refractivity contribution in [2.75, 3.05) is 39.5 Å². The zero-order valence-electron chi connectivity index (χ0n) is 8.18. The van der Waals surface area contributed by atoms with Crippen LogP contribution >= 0.6 is 11.8 Å². The normalized spacial score (nSPS) is 20.2. The van der Waals surface area contributed by atoms with Crippen LogP contribution in [0.5, 0.6) is 0 Å². The Bertz CT molecular complexity index is 111. The minimum Gasteiger partial charge on any atom is -0.317 e. The van der Waals surface area contributed by atoms with Crippen LogP contribution in [-0.4, -0.2) is 49.6 Å². The first-order valence-electron chi connectivity index (χ1n) is 4.76. The molecule has 0 aromatic carbocycles. The molecule has 1 aliphatic rings. The van der Waals surface area contributed by atoms with Crippen LogP contribution in [0.3, 0.4) is 0 Å². The SMILES string of the molecule is CN(C)CCSC1CCNCC1. The molecule has 0 amide bonds. The van der Waals surface area contributed by atoms with Gasteiger partial charge in [-0.2, -0.15) is 11.8 Å². The molecule has 0 unspecified atom stereocenters. The Labute approximate surface area is 80.1 Å². The first-order chi connectivity index (χ1) is 5.79. The fourth-order valence-corrected chi connectivity index (χ4v) is 2.74. The van der Waals surface area contributed by atoms with Gasteiger partial charge in [0.05, 0.1) is 0 Å². The summed E-state index contributed by atoms with van der Waals surface area (Å²) in [6.07, 6.45) is 2.72. The van der Waals surface area contributed by atoms with Crippen molar-refractivity contribution in [3.63, 3.8) is 0 Å². The smallest absolute Gasteiger partial charge is 0.00716 e. The first kappa shape index (κ1) is 10.4. The molecule has 3 heteroatoms. The van der Waals surface area contributed by atoms with Crippen molar-refractivity contribution < 1.29 is 0 Å². The Kier molecular flexibility index (Phi) is 5.04. The molecule has 0 bridgehead atoms. The summed E-state index contributed by atoms with van der Waals surface area (Å²) in [4.78, 5) is 2.26. The monoisotopic (exact) mass is 188 g/mol. The van der Waals surface area contributed by atoms with Gasteiger partial charge in [-0.05, 0) is 40.0 Å². The van der Waals surface area contributed by atoms with Gasteiger partial charge in [0.2, 0.25) is 0 Å². The van der Waals surface area contributed by atoms with Crippen LogP contribution in [-0.2, 0) is 0 Å². The molecular formula is C9H20N2S. The molecule has 12 heavy (non-hydrogen) atoms. The van der Waals surface area contributed by atoms with E-state index in [4.69, 9.17) is 0 Å². The number of nitrogens with zero attached hydrogens (tertiary/aromatic N) is 1. The highest BCUT2D eigenvalue weighted by atomic mass is 32.2. The zero-order valence-corrected chi connectivity index (χ0v) is 8.99. The third-order valence-electron chi connectivity index (χ3n) is 2.18. The molecule has 1 heterocycles. The van der Waals surface area contributed by atoms with Gasteiger partial charge in [-0.3, -0.25) is 0 Å². The maximum Gasteiger partial charge on any atom is 0.00716 e. The van der Waals surface area contributed by atoms with Gasteiger partial charge in [-0.25, -0.2) is 0 Å². The highest BCUT2D eigenvalue weighted by molar-refractivity contribution is 7.99.